The molecule has 1 aliphatic rings. The fraction of sp³-hybridized carbons (Fsp3) is 0.438. The van der Waals surface area contributed by atoms with Gasteiger partial charge in [-0.15, -0.1) is 0 Å². The summed E-state index contributed by atoms with van der Waals surface area (Å²) in [5.74, 6) is 0.466. The van der Waals surface area contributed by atoms with Gasteiger partial charge in [0, 0.05) is 16.9 Å². The van der Waals surface area contributed by atoms with Gasteiger partial charge in [0.05, 0.1) is 0 Å². The summed E-state index contributed by atoms with van der Waals surface area (Å²) < 4.78 is 0. The molecule has 1 aromatic carbocycles. The molecule has 4 heteroatoms. The lowest BCUT2D eigenvalue weighted by Gasteiger charge is -2.32. The SMILES string of the molecule is C[C@@H]1CC(NNC(=O)c2ccc(N)cc2)=CC(C)(C)C1. The zero-order valence-corrected chi connectivity index (χ0v) is 12.4. The zero-order chi connectivity index (χ0) is 14.8. The van der Waals surface area contributed by atoms with Gasteiger partial charge in [-0.3, -0.25) is 10.2 Å². The number of amides is 1. The number of hydrogen-bond donors (Lipinski definition) is 3. The van der Waals surface area contributed by atoms with Gasteiger partial charge in [-0.25, -0.2) is 0 Å². The predicted molar refractivity (Wildman–Crippen MR) is 81.7 cm³/mol. The van der Waals surface area contributed by atoms with Crippen LogP contribution in [-0.4, -0.2) is 5.91 Å². The molecule has 1 amide bonds. The van der Waals surface area contributed by atoms with Crippen molar-refractivity contribution in [2.75, 3.05) is 5.73 Å². The number of carbonyl (C=O) groups excluding carboxylic acids is 1. The second kappa shape index (κ2) is 5.57. The topological polar surface area (TPSA) is 67.1 Å². The van der Waals surface area contributed by atoms with Gasteiger partial charge in [0.2, 0.25) is 0 Å². The van der Waals surface area contributed by atoms with E-state index in [1.807, 2.05) is 0 Å². The molecule has 2 rings (SSSR count). The van der Waals surface area contributed by atoms with E-state index in [9.17, 15) is 4.79 Å². The average molecular weight is 273 g/mol. The highest BCUT2D eigenvalue weighted by Gasteiger charge is 2.25. The summed E-state index contributed by atoms with van der Waals surface area (Å²) in [6, 6.07) is 6.88. The number of carbonyl (C=O) groups is 1. The van der Waals surface area contributed by atoms with Gasteiger partial charge in [-0.2, -0.15) is 0 Å². The Labute approximate surface area is 120 Å². The van der Waals surface area contributed by atoms with Crippen LogP contribution in [0.5, 0.6) is 0 Å². The number of rotatable bonds is 3. The Hall–Kier alpha value is -1.97. The minimum absolute atomic E-state index is 0.151. The van der Waals surface area contributed by atoms with Gasteiger partial charge in [0.1, 0.15) is 0 Å². The number of anilines is 1. The standard InChI is InChI=1S/C16H23N3O/c1-11-8-14(10-16(2,3)9-11)18-19-15(20)12-4-6-13(17)7-5-12/h4-7,10-11,18H,8-9,17H2,1-3H3,(H,19,20)/t11-/m1/s1. The molecule has 4 N–H and O–H groups in total. The molecule has 0 unspecified atom stereocenters. The first kappa shape index (κ1) is 14.4. The molecule has 0 spiro atoms. The van der Waals surface area contributed by atoms with E-state index in [4.69, 9.17) is 5.73 Å². The normalized spacial score (nSPS) is 20.9. The molecule has 1 aliphatic carbocycles. The summed E-state index contributed by atoms with van der Waals surface area (Å²) >= 11 is 0. The quantitative estimate of drug-likeness (QED) is 0.586. The number of hydrazine groups is 1. The molecular formula is C16H23N3O. The number of allylic oxidation sites excluding steroid dienone is 2. The summed E-state index contributed by atoms with van der Waals surface area (Å²) in [7, 11) is 0. The van der Waals surface area contributed by atoms with E-state index in [2.05, 4.69) is 37.7 Å². The molecule has 0 bridgehead atoms. The van der Waals surface area contributed by atoms with Crippen LogP contribution in [0.15, 0.2) is 36.0 Å². The van der Waals surface area contributed by atoms with Crippen molar-refractivity contribution in [3.63, 3.8) is 0 Å². The molecule has 0 aliphatic heterocycles. The maximum Gasteiger partial charge on any atom is 0.269 e. The van der Waals surface area contributed by atoms with Gasteiger partial charge in [-0.05, 0) is 48.4 Å². The Bertz CT molecular complexity index is 517. The lowest BCUT2D eigenvalue weighted by atomic mass is 9.76. The van der Waals surface area contributed by atoms with Crippen LogP contribution < -0.4 is 16.6 Å². The smallest absolute Gasteiger partial charge is 0.269 e. The fourth-order valence-electron chi connectivity index (χ4n) is 2.87. The summed E-state index contributed by atoms with van der Waals surface area (Å²) in [5, 5.41) is 0. The Morgan fingerprint density at radius 2 is 1.95 bits per heavy atom. The highest BCUT2D eigenvalue weighted by molar-refractivity contribution is 5.94. The molecule has 4 nitrogen and oxygen atoms in total. The largest absolute Gasteiger partial charge is 0.399 e. The van der Waals surface area contributed by atoms with E-state index in [1.165, 1.54) is 6.42 Å². The molecule has 0 saturated carbocycles. The maximum atomic E-state index is 12.0. The number of nitrogens with one attached hydrogen (secondary N) is 2. The van der Waals surface area contributed by atoms with Crippen molar-refractivity contribution in [3.8, 4) is 0 Å². The van der Waals surface area contributed by atoms with E-state index in [0.717, 1.165) is 12.1 Å². The van der Waals surface area contributed by atoms with Crippen molar-refractivity contribution in [2.45, 2.75) is 33.6 Å². The van der Waals surface area contributed by atoms with Crippen LogP contribution in [0.25, 0.3) is 0 Å². The summed E-state index contributed by atoms with van der Waals surface area (Å²) in [6.45, 7) is 6.66. The van der Waals surface area contributed by atoms with Crippen LogP contribution in [0.2, 0.25) is 0 Å². The molecule has 0 aromatic heterocycles. The molecule has 108 valence electrons. The van der Waals surface area contributed by atoms with Gasteiger partial charge >= 0.3 is 0 Å². The monoisotopic (exact) mass is 273 g/mol. The molecule has 1 aromatic rings. The first-order chi connectivity index (χ1) is 9.35. The number of benzene rings is 1. The lowest BCUT2D eigenvalue weighted by Crippen LogP contribution is -2.39. The number of nitrogens with two attached hydrogens (primary N) is 1. The van der Waals surface area contributed by atoms with Crippen LogP contribution in [-0.2, 0) is 0 Å². The van der Waals surface area contributed by atoms with Crippen molar-refractivity contribution < 1.29 is 4.79 Å². The molecule has 0 heterocycles. The second-order valence-corrected chi connectivity index (χ2v) is 6.37. The van der Waals surface area contributed by atoms with Gasteiger partial charge < -0.3 is 11.2 Å². The van der Waals surface area contributed by atoms with Gasteiger partial charge in [0.15, 0.2) is 0 Å². The molecule has 0 radical (unpaired) electrons. The van der Waals surface area contributed by atoms with Crippen LogP contribution in [0.3, 0.4) is 0 Å². The highest BCUT2D eigenvalue weighted by Crippen LogP contribution is 2.35. The fourth-order valence-corrected chi connectivity index (χ4v) is 2.87. The molecule has 0 saturated heterocycles. The van der Waals surface area contributed by atoms with E-state index in [0.29, 0.717) is 17.2 Å². The maximum absolute atomic E-state index is 12.0. The van der Waals surface area contributed by atoms with E-state index < -0.39 is 0 Å². The van der Waals surface area contributed by atoms with E-state index >= 15 is 0 Å². The first-order valence-electron chi connectivity index (χ1n) is 6.99. The Morgan fingerprint density at radius 1 is 1.30 bits per heavy atom. The summed E-state index contributed by atoms with van der Waals surface area (Å²) in [5.41, 5.74) is 13.9. The molecular weight excluding hydrogens is 250 g/mol. The average Bonchev–Trinajstić information content (AvgIpc) is 2.34. The van der Waals surface area contributed by atoms with Crippen LogP contribution in [0, 0.1) is 11.3 Å². The second-order valence-electron chi connectivity index (χ2n) is 6.37. The van der Waals surface area contributed by atoms with Crippen molar-refractivity contribution >= 4 is 11.6 Å². The minimum atomic E-state index is -0.151. The van der Waals surface area contributed by atoms with Crippen molar-refractivity contribution in [1.29, 1.82) is 0 Å². The number of nitrogen functional groups attached to an aromatic ring is 1. The Balaban J connectivity index is 1.96. The molecule has 0 fully saturated rings. The van der Waals surface area contributed by atoms with Crippen molar-refractivity contribution in [3.05, 3.63) is 41.6 Å². The lowest BCUT2D eigenvalue weighted by molar-refractivity contribution is 0.0936. The van der Waals surface area contributed by atoms with Crippen LogP contribution in [0.1, 0.15) is 44.0 Å². The number of hydrogen-bond acceptors (Lipinski definition) is 3. The third kappa shape index (κ3) is 3.76. The van der Waals surface area contributed by atoms with Gasteiger partial charge in [0.25, 0.3) is 5.91 Å². The zero-order valence-electron chi connectivity index (χ0n) is 12.4. The minimum Gasteiger partial charge on any atom is -0.399 e. The predicted octanol–water partition coefficient (Wildman–Crippen LogP) is 2.84. The van der Waals surface area contributed by atoms with Crippen molar-refractivity contribution in [2.24, 2.45) is 11.3 Å². The molecule has 1 atom stereocenters. The summed E-state index contributed by atoms with van der Waals surface area (Å²) in [4.78, 5) is 12.0. The Kier molecular flexibility index (Phi) is 4.02. The first-order valence-corrected chi connectivity index (χ1v) is 6.99. The molecule has 20 heavy (non-hydrogen) atoms. The van der Waals surface area contributed by atoms with E-state index in [1.54, 1.807) is 24.3 Å². The summed E-state index contributed by atoms with van der Waals surface area (Å²) in [6.07, 6.45) is 4.34. The van der Waals surface area contributed by atoms with Crippen molar-refractivity contribution in [1.82, 2.24) is 10.9 Å². The highest BCUT2D eigenvalue weighted by atomic mass is 16.2. The third-order valence-corrected chi connectivity index (χ3v) is 3.52. The third-order valence-electron chi connectivity index (χ3n) is 3.52. The van der Waals surface area contributed by atoms with Crippen LogP contribution >= 0.6 is 0 Å². The Morgan fingerprint density at radius 3 is 2.55 bits per heavy atom. The van der Waals surface area contributed by atoms with Crippen LogP contribution in [0.4, 0.5) is 5.69 Å². The van der Waals surface area contributed by atoms with Gasteiger partial charge in [-0.1, -0.05) is 26.8 Å². The van der Waals surface area contributed by atoms with E-state index in [-0.39, 0.29) is 11.3 Å².